The van der Waals surface area contributed by atoms with Crippen LogP contribution >= 0.6 is 0 Å². The zero-order chi connectivity index (χ0) is 14.5. The van der Waals surface area contributed by atoms with Gasteiger partial charge < -0.3 is 11.1 Å². The van der Waals surface area contributed by atoms with Crippen LogP contribution in [0.3, 0.4) is 0 Å². The number of amides is 1. The third-order valence-corrected chi connectivity index (χ3v) is 3.68. The number of nitrogens with two attached hydrogens (primary N) is 1. The molecule has 108 valence electrons. The zero-order valence-corrected chi connectivity index (χ0v) is 11.3. The maximum absolute atomic E-state index is 12.2. The Balaban J connectivity index is 2.11. The fourth-order valence-electron chi connectivity index (χ4n) is 2.54. The number of carbonyl (C=O) groups excluding carboxylic acids is 1. The van der Waals surface area contributed by atoms with E-state index >= 15 is 0 Å². The Morgan fingerprint density at radius 2 is 1.90 bits per heavy atom. The van der Waals surface area contributed by atoms with Crippen LogP contribution in [0.1, 0.15) is 48.9 Å². The lowest BCUT2D eigenvalue weighted by Crippen LogP contribution is -2.34. The van der Waals surface area contributed by atoms with Gasteiger partial charge in [0.05, 0.1) is 10.5 Å². The second kappa shape index (κ2) is 6.36. The number of hydrogen-bond acceptors (Lipinski definition) is 4. The summed E-state index contributed by atoms with van der Waals surface area (Å²) in [7, 11) is 0. The molecule has 20 heavy (non-hydrogen) atoms. The largest absolute Gasteiger partial charge is 0.398 e. The van der Waals surface area contributed by atoms with Crippen molar-refractivity contribution in [1.82, 2.24) is 5.32 Å². The molecule has 0 aromatic heterocycles. The van der Waals surface area contributed by atoms with Crippen LogP contribution in [-0.2, 0) is 0 Å². The van der Waals surface area contributed by atoms with Crippen LogP contribution in [0.25, 0.3) is 0 Å². The lowest BCUT2D eigenvalue weighted by Gasteiger charge is -2.16. The third kappa shape index (κ3) is 3.46. The number of nitrogens with zero attached hydrogens (tertiary/aromatic N) is 1. The zero-order valence-electron chi connectivity index (χ0n) is 11.3. The average Bonchev–Trinajstić information content (AvgIpc) is 2.67. The SMILES string of the molecule is Nc1ccc([N+](=O)[O-])cc1C(=O)NC1CCCCCC1. The molecule has 0 bridgehead atoms. The molecular weight excluding hydrogens is 258 g/mol. The quantitative estimate of drug-likeness (QED) is 0.384. The normalized spacial score (nSPS) is 16.4. The van der Waals surface area contributed by atoms with Gasteiger partial charge in [0, 0.05) is 23.9 Å². The van der Waals surface area contributed by atoms with Gasteiger partial charge in [-0.15, -0.1) is 0 Å². The standard InChI is InChI=1S/C14H19N3O3/c15-13-8-7-11(17(19)20)9-12(13)14(18)16-10-5-3-1-2-4-6-10/h7-10H,1-6,15H2,(H,16,18). The Labute approximate surface area is 117 Å². The van der Waals surface area contributed by atoms with Crippen LogP contribution in [0.5, 0.6) is 0 Å². The second-order valence-electron chi connectivity index (χ2n) is 5.19. The van der Waals surface area contributed by atoms with Crippen molar-refractivity contribution in [3.05, 3.63) is 33.9 Å². The lowest BCUT2D eigenvalue weighted by atomic mass is 10.1. The smallest absolute Gasteiger partial charge is 0.270 e. The summed E-state index contributed by atoms with van der Waals surface area (Å²) in [5.41, 5.74) is 6.07. The molecule has 0 saturated heterocycles. The molecule has 0 unspecified atom stereocenters. The highest BCUT2D eigenvalue weighted by Gasteiger charge is 2.19. The summed E-state index contributed by atoms with van der Waals surface area (Å²) in [5.74, 6) is -0.321. The number of nitrogens with one attached hydrogen (secondary N) is 1. The first-order valence-corrected chi connectivity index (χ1v) is 6.92. The Kier molecular flexibility index (Phi) is 4.55. The summed E-state index contributed by atoms with van der Waals surface area (Å²) < 4.78 is 0. The molecule has 0 atom stereocenters. The van der Waals surface area contributed by atoms with Crippen LogP contribution < -0.4 is 11.1 Å². The summed E-state index contributed by atoms with van der Waals surface area (Å²) in [4.78, 5) is 22.4. The molecule has 0 radical (unpaired) electrons. The number of nitro groups is 1. The number of anilines is 1. The van der Waals surface area contributed by atoms with E-state index in [4.69, 9.17) is 5.73 Å². The van der Waals surface area contributed by atoms with Gasteiger partial charge in [0.15, 0.2) is 0 Å². The summed E-state index contributed by atoms with van der Waals surface area (Å²) in [6.07, 6.45) is 6.53. The fraction of sp³-hybridized carbons (Fsp3) is 0.500. The molecular formula is C14H19N3O3. The van der Waals surface area contributed by atoms with Crippen LogP contribution in [0, 0.1) is 10.1 Å². The Hall–Kier alpha value is -2.11. The van der Waals surface area contributed by atoms with E-state index in [1.165, 1.54) is 31.0 Å². The molecule has 1 aromatic rings. The van der Waals surface area contributed by atoms with Crippen molar-refractivity contribution in [2.75, 3.05) is 5.73 Å². The van der Waals surface area contributed by atoms with Crippen LogP contribution in [0.4, 0.5) is 11.4 Å². The Morgan fingerprint density at radius 1 is 1.25 bits per heavy atom. The Morgan fingerprint density at radius 3 is 2.50 bits per heavy atom. The number of hydrogen-bond donors (Lipinski definition) is 2. The first-order chi connectivity index (χ1) is 9.58. The summed E-state index contributed by atoms with van der Waals surface area (Å²) in [6.45, 7) is 0. The highest BCUT2D eigenvalue weighted by Crippen LogP contribution is 2.21. The number of carbonyl (C=O) groups is 1. The fourth-order valence-corrected chi connectivity index (χ4v) is 2.54. The minimum atomic E-state index is -0.526. The average molecular weight is 277 g/mol. The van der Waals surface area contributed by atoms with Crippen molar-refractivity contribution in [3.8, 4) is 0 Å². The monoisotopic (exact) mass is 277 g/mol. The number of nitro benzene ring substituents is 1. The predicted octanol–water partition coefficient (Wildman–Crippen LogP) is 2.63. The van der Waals surface area contributed by atoms with Crippen molar-refractivity contribution >= 4 is 17.3 Å². The molecule has 3 N–H and O–H groups in total. The minimum Gasteiger partial charge on any atom is -0.398 e. The van der Waals surface area contributed by atoms with Crippen LogP contribution in [0.15, 0.2) is 18.2 Å². The van der Waals surface area contributed by atoms with Gasteiger partial charge in [0.2, 0.25) is 0 Å². The predicted molar refractivity (Wildman–Crippen MR) is 76.5 cm³/mol. The molecule has 1 amide bonds. The van der Waals surface area contributed by atoms with Gasteiger partial charge >= 0.3 is 0 Å². The number of rotatable bonds is 3. The molecule has 1 aromatic carbocycles. The molecule has 6 heteroatoms. The van der Waals surface area contributed by atoms with E-state index in [1.807, 2.05) is 0 Å². The highest BCUT2D eigenvalue weighted by molar-refractivity contribution is 5.99. The molecule has 2 rings (SSSR count). The highest BCUT2D eigenvalue weighted by atomic mass is 16.6. The van der Waals surface area contributed by atoms with Gasteiger partial charge in [-0.25, -0.2) is 0 Å². The molecule has 1 fully saturated rings. The van der Waals surface area contributed by atoms with Crippen molar-refractivity contribution in [2.24, 2.45) is 0 Å². The first kappa shape index (κ1) is 14.3. The van der Waals surface area contributed by atoms with E-state index in [1.54, 1.807) is 0 Å². The molecule has 1 aliphatic rings. The summed E-state index contributed by atoms with van der Waals surface area (Å²) in [5, 5.41) is 13.7. The van der Waals surface area contributed by atoms with Gasteiger partial charge in [-0.3, -0.25) is 14.9 Å². The second-order valence-corrected chi connectivity index (χ2v) is 5.19. The van der Waals surface area contributed by atoms with Crippen molar-refractivity contribution in [1.29, 1.82) is 0 Å². The molecule has 1 aliphatic carbocycles. The van der Waals surface area contributed by atoms with E-state index in [0.717, 1.165) is 25.7 Å². The molecule has 0 spiro atoms. The molecule has 0 heterocycles. The molecule has 1 saturated carbocycles. The van der Waals surface area contributed by atoms with Gasteiger partial charge in [0.1, 0.15) is 0 Å². The third-order valence-electron chi connectivity index (χ3n) is 3.68. The van der Waals surface area contributed by atoms with Gasteiger partial charge in [0.25, 0.3) is 11.6 Å². The molecule has 0 aliphatic heterocycles. The van der Waals surface area contributed by atoms with E-state index in [2.05, 4.69) is 5.32 Å². The van der Waals surface area contributed by atoms with Gasteiger partial charge in [-0.05, 0) is 18.9 Å². The van der Waals surface area contributed by atoms with Gasteiger partial charge in [-0.1, -0.05) is 25.7 Å². The van der Waals surface area contributed by atoms with Crippen LogP contribution in [0.2, 0.25) is 0 Å². The number of nitrogen functional groups attached to an aromatic ring is 1. The topological polar surface area (TPSA) is 98.3 Å². The first-order valence-electron chi connectivity index (χ1n) is 6.92. The maximum atomic E-state index is 12.2. The van der Waals surface area contributed by atoms with Crippen molar-refractivity contribution in [3.63, 3.8) is 0 Å². The van der Waals surface area contributed by atoms with E-state index < -0.39 is 4.92 Å². The van der Waals surface area contributed by atoms with E-state index in [-0.39, 0.29) is 28.9 Å². The lowest BCUT2D eigenvalue weighted by molar-refractivity contribution is -0.384. The molecule has 6 nitrogen and oxygen atoms in total. The maximum Gasteiger partial charge on any atom is 0.270 e. The number of non-ortho nitro benzene ring substituents is 1. The van der Waals surface area contributed by atoms with Gasteiger partial charge in [-0.2, -0.15) is 0 Å². The van der Waals surface area contributed by atoms with E-state index in [0.29, 0.717) is 0 Å². The minimum absolute atomic E-state index is 0.120. The van der Waals surface area contributed by atoms with Crippen molar-refractivity contribution < 1.29 is 9.72 Å². The van der Waals surface area contributed by atoms with Crippen LogP contribution in [-0.4, -0.2) is 16.9 Å². The summed E-state index contributed by atoms with van der Waals surface area (Å²) in [6, 6.07) is 4.09. The Bertz CT molecular complexity index is 508. The van der Waals surface area contributed by atoms with E-state index in [9.17, 15) is 14.9 Å². The van der Waals surface area contributed by atoms with Crippen molar-refractivity contribution in [2.45, 2.75) is 44.6 Å². The summed E-state index contributed by atoms with van der Waals surface area (Å²) >= 11 is 0. The number of benzene rings is 1.